The van der Waals surface area contributed by atoms with E-state index in [1.807, 2.05) is 13.8 Å². The molecule has 4 rings (SSSR count). The second-order valence-corrected chi connectivity index (χ2v) is 10.2. The number of sulfone groups is 1. The minimum absolute atomic E-state index is 0.0493. The second-order valence-electron chi connectivity index (χ2n) is 8.28. The molecule has 35 heavy (non-hydrogen) atoms. The van der Waals surface area contributed by atoms with Gasteiger partial charge in [0.05, 0.1) is 9.79 Å². The molecule has 0 saturated heterocycles. The van der Waals surface area contributed by atoms with Gasteiger partial charge in [-0.2, -0.15) is 0 Å². The van der Waals surface area contributed by atoms with Gasteiger partial charge in [-0.15, -0.1) is 0 Å². The van der Waals surface area contributed by atoms with Gasteiger partial charge in [-0.25, -0.2) is 8.42 Å². The standard InChI is InChI=1S/C28H26O6S/c1-3-17-5-11-27(21(13-17)19-7-9-23(29)25(31)15-19)35(33,34)28-12-6-18(4-2)14-22(28)20-8-10-24(30)26(32)16-20/h5-16,29-32H,3-4H2,1-2H3. The van der Waals surface area contributed by atoms with E-state index in [-0.39, 0.29) is 32.8 Å². The van der Waals surface area contributed by atoms with Crippen molar-refractivity contribution in [3.05, 3.63) is 83.9 Å². The van der Waals surface area contributed by atoms with Crippen LogP contribution in [0, 0.1) is 0 Å². The summed E-state index contributed by atoms with van der Waals surface area (Å²) in [7, 11) is -4.08. The number of phenolic OH excluding ortho intramolecular Hbond substituents is 4. The van der Waals surface area contributed by atoms with Gasteiger partial charge < -0.3 is 20.4 Å². The third kappa shape index (κ3) is 4.55. The van der Waals surface area contributed by atoms with Crippen molar-refractivity contribution in [2.75, 3.05) is 0 Å². The van der Waals surface area contributed by atoms with Gasteiger partial charge in [0.25, 0.3) is 0 Å². The van der Waals surface area contributed by atoms with Gasteiger partial charge in [0, 0.05) is 11.1 Å². The monoisotopic (exact) mass is 490 g/mol. The number of hydrogen-bond acceptors (Lipinski definition) is 6. The SMILES string of the molecule is CCc1ccc(S(=O)(=O)c2ccc(CC)cc2-c2ccc(O)c(O)c2)c(-c2ccc(O)c(O)c2)c1. The molecule has 0 amide bonds. The van der Waals surface area contributed by atoms with Crippen molar-refractivity contribution in [2.24, 2.45) is 0 Å². The van der Waals surface area contributed by atoms with Crippen LogP contribution in [0.4, 0.5) is 0 Å². The maximum atomic E-state index is 14.1. The van der Waals surface area contributed by atoms with Crippen LogP contribution in [0.1, 0.15) is 25.0 Å². The van der Waals surface area contributed by atoms with E-state index in [0.29, 0.717) is 35.1 Å². The Morgan fingerprint density at radius 1 is 0.543 bits per heavy atom. The van der Waals surface area contributed by atoms with Gasteiger partial charge >= 0.3 is 0 Å². The normalized spacial score (nSPS) is 11.5. The number of aromatic hydroxyl groups is 4. The van der Waals surface area contributed by atoms with Crippen LogP contribution in [-0.4, -0.2) is 28.8 Å². The third-order valence-electron chi connectivity index (χ3n) is 6.06. The van der Waals surface area contributed by atoms with Crippen LogP contribution in [0.3, 0.4) is 0 Å². The first-order chi connectivity index (χ1) is 16.6. The zero-order chi connectivity index (χ0) is 25.3. The topological polar surface area (TPSA) is 115 Å². The molecule has 6 nitrogen and oxygen atoms in total. The van der Waals surface area contributed by atoms with Crippen LogP contribution < -0.4 is 0 Å². The fraction of sp³-hybridized carbons (Fsp3) is 0.143. The van der Waals surface area contributed by atoms with E-state index in [2.05, 4.69) is 0 Å². The Labute approximate surface area is 204 Å². The molecule has 0 unspecified atom stereocenters. The molecule has 4 aromatic rings. The summed E-state index contributed by atoms with van der Waals surface area (Å²) in [6.45, 7) is 3.92. The molecule has 0 fully saturated rings. The van der Waals surface area contributed by atoms with Crippen LogP contribution in [0.15, 0.2) is 82.6 Å². The van der Waals surface area contributed by atoms with Crippen LogP contribution >= 0.6 is 0 Å². The number of aryl methyl sites for hydroxylation is 2. The minimum atomic E-state index is -4.08. The molecule has 0 saturated carbocycles. The van der Waals surface area contributed by atoms with Crippen molar-refractivity contribution in [2.45, 2.75) is 36.5 Å². The number of phenols is 4. The molecule has 0 radical (unpaired) electrons. The highest BCUT2D eigenvalue weighted by atomic mass is 32.2. The molecular weight excluding hydrogens is 464 g/mol. The van der Waals surface area contributed by atoms with Gasteiger partial charge in [-0.1, -0.05) is 38.1 Å². The highest BCUT2D eigenvalue weighted by Crippen LogP contribution is 2.40. The number of benzene rings is 4. The maximum absolute atomic E-state index is 14.1. The Morgan fingerprint density at radius 2 is 0.943 bits per heavy atom. The van der Waals surface area contributed by atoms with Gasteiger partial charge in [0.1, 0.15) is 0 Å². The van der Waals surface area contributed by atoms with Crippen molar-refractivity contribution in [1.82, 2.24) is 0 Å². The van der Waals surface area contributed by atoms with E-state index >= 15 is 0 Å². The zero-order valence-corrected chi connectivity index (χ0v) is 20.2. The van der Waals surface area contributed by atoms with Crippen molar-refractivity contribution in [3.8, 4) is 45.3 Å². The van der Waals surface area contributed by atoms with Crippen LogP contribution in [-0.2, 0) is 22.7 Å². The molecule has 0 atom stereocenters. The Hall–Kier alpha value is -3.97. The summed E-state index contributed by atoms with van der Waals surface area (Å²) in [5.41, 5.74) is 3.52. The lowest BCUT2D eigenvalue weighted by atomic mass is 10.0. The molecule has 0 aliphatic heterocycles. The highest BCUT2D eigenvalue weighted by molar-refractivity contribution is 7.91. The van der Waals surface area contributed by atoms with E-state index in [1.165, 1.54) is 24.3 Å². The summed E-state index contributed by atoms with van der Waals surface area (Å²) < 4.78 is 28.2. The van der Waals surface area contributed by atoms with Crippen molar-refractivity contribution < 1.29 is 28.8 Å². The second kappa shape index (κ2) is 9.35. The summed E-state index contributed by atoms with van der Waals surface area (Å²) >= 11 is 0. The predicted molar refractivity (Wildman–Crippen MR) is 135 cm³/mol. The predicted octanol–water partition coefficient (Wildman–Crippen LogP) is 5.80. The lowest BCUT2D eigenvalue weighted by molar-refractivity contribution is 0.404. The average Bonchev–Trinajstić information content (AvgIpc) is 2.86. The van der Waals surface area contributed by atoms with Gasteiger partial charge in [0.2, 0.25) is 9.84 Å². The van der Waals surface area contributed by atoms with Crippen molar-refractivity contribution in [1.29, 1.82) is 0 Å². The molecule has 4 aromatic carbocycles. The maximum Gasteiger partial charge on any atom is 0.207 e. The molecular formula is C28H26O6S. The molecule has 0 aliphatic rings. The summed E-state index contributed by atoms with van der Waals surface area (Å²) in [5, 5.41) is 39.6. The summed E-state index contributed by atoms with van der Waals surface area (Å²) in [5.74, 6) is -1.29. The van der Waals surface area contributed by atoms with Crippen molar-refractivity contribution >= 4 is 9.84 Å². The van der Waals surface area contributed by atoms with E-state index in [1.54, 1.807) is 48.5 Å². The molecule has 0 bridgehead atoms. The Balaban J connectivity index is 1.99. The quantitative estimate of drug-likeness (QED) is 0.254. The molecule has 7 heteroatoms. The fourth-order valence-corrected chi connectivity index (χ4v) is 5.68. The molecule has 4 N–H and O–H groups in total. The molecule has 0 heterocycles. The van der Waals surface area contributed by atoms with Crippen LogP contribution in [0.25, 0.3) is 22.3 Å². The molecule has 0 aromatic heterocycles. The fourth-order valence-electron chi connectivity index (χ4n) is 4.01. The first-order valence-corrected chi connectivity index (χ1v) is 12.7. The third-order valence-corrected chi connectivity index (χ3v) is 7.93. The van der Waals surface area contributed by atoms with Crippen LogP contribution in [0.5, 0.6) is 23.0 Å². The minimum Gasteiger partial charge on any atom is -0.504 e. The molecule has 180 valence electrons. The smallest absolute Gasteiger partial charge is 0.207 e. The molecule has 0 spiro atoms. The Bertz CT molecular complexity index is 1410. The zero-order valence-electron chi connectivity index (χ0n) is 19.4. The van der Waals surface area contributed by atoms with Crippen LogP contribution in [0.2, 0.25) is 0 Å². The summed E-state index contributed by atoms with van der Waals surface area (Å²) in [6.07, 6.45) is 1.36. The van der Waals surface area contributed by atoms with E-state index in [0.717, 1.165) is 11.1 Å². The van der Waals surface area contributed by atoms with Gasteiger partial charge in [0.15, 0.2) is 23.0 Å². The first kappa shape index (κ1) is 24.2. The Morgan fingerprint density at radius 3 is 1.29 bits per heavy atom. The Kier molecular flexibility index (Phi) is 6.45. The van der Waals surface area contributed by atoms with E-state index < -0.39 is 9.84 Å². The lowest BCUT2D eigenvalue weighted by Crippen LogP contribution is -2.07. The lowest BCUT2D eigenvalue weighted by Gasteiger charge is -2.17. The highest BCUT2D eigenvalue weighted by Gasteiger charge is 2.26. The van der Waals surface area contributed by atoms with E-state index in [9.17, 15) is 28.8 Å². The van der Waals surface area contributed by atoms with Gasteiger partial charge in [-0.3, -0.25) is 0 Å². The van der Waals surface area contributed by atoms with E-state index in [4.69, 9.17) is 0 Å². The largest absolute Gasteiger partial charge is 0.504 e. The number of hydrogen-bond donors (Lipinski definition) is 4. The summed E-state index contributed by atoms with van der Waals surface area (Å²) in [4.78, 5) is 0.0987. The average molecular weight is 491 g/mol. The van der Waals surface area contributed by atoms with Gasteiger partial charge in [-0.05, 0) is 83.6 Å². The summed E-state index contributed by atoms with van der Waals surface area (Å²) in [6, 6.07) is 18.6. The number of rotatable bonds is 6. The molecule has 0 aliphatic carbocycles. The first-order valence-electron chi connectivity index (χ1n) is 11.2. The van der Waals surface area contributed by atoms with Crippen molar-refractivity contribution in [3.63, 3.8) is 0 Å².